The molecule has 1 aromatic carbocycles. The average Bonchev–Trinajstić information content (AvgIpc) is 2.69. The topological polar surface area (TPSA) is 96.0 Å². The minimum Gasteiger partial charge on any atom is -0.460 e. The van der Waals surface area contributed by atoms with Crippen molar-refractivity contribution in [2.24, 2.45) is 5.92 Å². The van der Waals surface area contributed by atoms with Crippen LogP contribution >= 0.6 is 0 Å². The van der Waals surface area contributed by atoms with E-state index in [4.69, 9.17) is 4.74 Å². The van der Waals surface area contributed by atoms with Crippen LogP contribution in [0.3, 0.4) is 0 Å². The van der Waals surface area contributed by atoms with E-state index in [0.717, 1.165) is 18.7 Å². The molecule has 1 atom stereocenters. The average molecular weight is 470 g/mol. The number of nitrogens with one attached hydrogen (secondary N) is 1. The number of anilines is 1. The van der Waals surface area contributed by atoms with E-state index in [1.807, 2.05) is 25.8 Å². The molecule has 178 valence electrons. The number of carbonyl (C=O) groups is 2. The Labute approximate surface area is 189 Å². The number of sulfone groups is 1. The molecule has 0 spiro atoms. The van der Waals surface area contributed by atoms with Crippen molar-refractivity contribution in [3.8, 4) is 0 Å². The zero-order valence-electron chi connectivity index (χ0n) is 19.1. The molecule has 10 heteroatoms. The highest BCUT2D eigenvalue weighted by molar-refractivity contribution is 7.90. The number of hydrogen-bond donors (Lipinski definition) is 1. The van der Waals surface area contributed by atoms with Crippen LogP contribution in [0, 0.1) is 11.7 Å². The normalized spacial score (nSPS) is 21.5. The Balaban J connectivity index is 1.61. The number of benzene rings is 1. The molecule has 2 saturated heterocycles. The maximum absolute atomic E-state index is 14.4. The Morgan fingerprint density at radius 3 is 2.38 bits per heavy atom. The van der Waals surface area contributed by atoms with Crippen molar-refractivity contribution in [2.75, 3.05) is 31.2 Å². The molecular formula is C22H32FN3O5S. The summed E-state index contributed by atoms with van der Waals surface area (Å²) in [7, 11) is -3.51. The number of esters is 1. The summed E-state index contributed by atoms with van der Waals surface area (Å²) in [5.41, 5.74) is -0.425. The van der Waals surface area contributed by atoms with E-state index in [-0.39, 0.29) is 28.4 Å². The number of halogens is 1. The maximum atomic E-state index is 14.4. The van der Waals surface area contributed by atoms with Gasteiger partial charge >= 0.3 is 5.97 Å². The van der Waals surface area contributed by atoms with Crippen molar-refractivity contribution in [3.05, 3.63) is 24.0 Å². The molecule has 2 fully saturated rings. The molecule has 1 unspecified atom stereocenters. The Bertz CT molecular complexity index is 968. The smallest absolute Gasteiger partial charge is 0.309 e. The van der Waals surface area contributed by atoms with E-state index >= 15 is 0 Å². The van der Waals surface area contributed by atoms with E-state index in [9.17, 15) is 22.4 Å². The summed E-state index contributed by atoms with van der Waals surface area (Å²) in [6.07, 6.45) is 3.54. The summed E-state index contributed by atoms with van der Waals surface area (Å²) in [6.45, 7) is 7.24. The first-order chi connectivity index (χ1) is 14.8. The van der Waals surface area contributed by atoms with Gasteiger partial charge in [0.05, 0.1) is 16.5 Å². The Morgan fingerprint density at radius 1 is 1.16 bits per heavy atom. The number of carbonyl (C=O) groups excluding carboxylic acids is 2. The predicted octanol–water partition coefficient (Wildman–Crippen LogP) is 2.60. The van der Waals surface area contributed by atoms with Gasteiger partial charge < -0.3 is 10.1 Å². The Morgan fingerprint density at radius 2 is 1.81 bits per heavy atom. The first kappa shape index (κ1) is 24.4. The fourth-order valence-electron chi connectivity index (χ4n) is 4.03. The van der Waals surface area contributed by atoms with Crippen LogP contribution in [0.1, 0.15) is 46.5 Å². The minimum absolute atomic E-state index is 0.0984. The third-order valence-corrected chi connectivity index (χ3v) is 6.78. The molecule has 0 radical (unpaired) electrons. The van der Waals surface area contributed by atoms with Crippen molar-refractivity contribution in [1.29, 1.82) is 0 Å². The second-order valence-corrected chi connectivity index (χ2v) is 11.5. The third-order valence-electron chi connectivity index (χ3n) is 5.67. The second-order valence-electron chi connectivity index (χ2n) is 9.48. The Hall–Kier alpha value is -2.20. The first-order valence-electron chi connectivity index (χ1n) is 10.9. The van der Waals surface area contributed by atoms with Gasteiger partial charge in [-0.1, -0.05) is 0 Å². The van der Waals surface area contributed by atoms with Crippen molar-refractivity contribution in [2.45, 2.75) is 63.0 Å². The van der Waals surface area contributed by atoms with E-state index in [0.29, 0.717) is 38.9 Å². The summed E-state index contributed by atoms with van der Waals surface area (Å²) < 4.78 is 43.1. The van der Waals surface area contributed by atoms with Crippen LogP contribution in [0.25, 0.3) is 0 Å². The summed E-state index contributed by atoms with van der Waals surface area (Å²) in [5, 5.41) is 6.59. The lowest BCUT2D eigenvalue weighted by Gasteiger charge is -2.43. The molecule has 0 aliphatic carbocycles. The number of nitrogens with zero attached hydrogens (tertiary/aromatic N) is 2. The highest BCUT2D eigenvalue weighted by atomic mass is 32.2. The SMILES string of the molecule is CC(C)(C)OC(=O)C1CCN(N2CCCC(Nc3ccc(S(C)(=O)=O)cc3F)C2=O)CC1. The highest BCUT2D eigenvalue weighted by Crippen LogP contribution is 2.26. The summed E-state index contributed by atoms with van der Waals surface area (Å²) >= 11 is 0. The zero-order valence-corrected chi connectivity index (χ0v) is 19.9. The van der Waals surface area contributed by atoms with Gasteiger partial charge in [-0.05, 0) is 64.7 Å². The van der Waals surface area contributed by atoms with Crippen LogP contribution in [-0.4, -0.2) is 67.8 Å². The fourth-order valence-corrected chi connectivity index (χ4v) is 4.67. The fraction of sp³-hybridized carbons (Fsp3) is 0.636. The van der Waals surface area contributed by atoms with Gasteiger partial charge in [-0.3, -0.25) is 14.6 Å². The van der Waals surface area contributed by atoms with Crippen LogP contribution < -0.4 is 5.32 Å². The van der Waals surface area contributed by atoms with Gasteiger partial charge in [0.15, 0.2) is 9.84 Å². The first-order valence-corrected chi connectivity index (χ1v) is 12.8. The van der Waals surface area contributed by atoms with Gasteiger partial charge in [0, 0.05) is 25.9 Å². The van der Waals surface area contributed by atoms with Gasteiger partial charge in [-0.25, -0.2) is 17.8 Å². The molecule has 2 heterocycles. The molecule has 8 nitrogen and oxygen atoms in total. The van der Waals surface area contributed by atoms with Gasteiger partial charge in [-0.15, -0.1) is 0 Å². The summed E-state index contributed by atoms with van der Waals surface area (Å²) in [6, 6.07) is 3.03. The number of piperidine rings is 2. The molecule has 0 saturated carbocycles. The molecule has 0 bridgehead atoms. The lowest BCUT2D eigenvalue weighted by Crippen LogP contribution is -2.57. The molecular weight excluding hydrogens is 437 g/mol. The number of amides is 1. The molecule has 2 aliphatic heterocycles. The largest absolute Gasteiger partial charge is 0.460 e. The van der Waals surface area contributed by atoms with Crippen LogP contribution in [0.5, 0.6) is 0 Å². The van der Waals surface area contributed by atoms with Crippen LogP contribution in [0.4, 0.5) is 10.1 Å². The summed E-state index contributed by atoms with van der Waals surface area (Å²) in [5.74, 6) is -1.24. The lowest BCUT2D eigenvalue weighted by molar-refractivity contribution is -0.167. The number of hydrogen-bond acceptors (Lipinski definition) is 7. The van der Waals surface area contributed by atoms with Crippen molar-refractivity contribution in [1.82, 2.24) is 10.0 Å². The molecule has 0 aromatic heterocycles. The molecule has 1 amide bonds. The predicted molar refractivity (Wildman–Crippen MR) is 118 cm³/mol. The van der Waals surface area contributed by atoms with E-state index in [2.05, 4.69) is 5.32 Å². The highest BCUT2D eigenvalue weighted by Gasteiger charge is 2.36. The molecule has 32 heavy (non-hydrogen) atoms. The monoisotopic (exact) mass is 469 g/mol. The van der Waals surface area contributed by atoms with Crippen molar-refractivity contribution < 1.29 is 27.1 Å². The minimum atomic E-state index is -3.51. The van der Waals surface area contributed by atoms with Crippen LogP contribution in [-0.2, 0) is 24.2 Å². The van der Waals surface area contributed by atoms with E-state index in [1.165, 1.54) is 12.1 Å². The lowest BCUT2D eigenvalue weighted by atomic mass is 9.97. The number of ether oxygens (including phenoxy) is 1. The van der Waals surface area contributed by atoms with Crippen LogP contribution in [0.15, 0.2) is 23.1 Å². The van der Waals surface area contributed by atoms with Gasteiger partial charge in [-0.2, -0.15) is 0 Å². The van der Waals surface area contributed by atoms with Crippen LogP contribution in [0.2, 0.25) is 0 Å². The van der Waals surface area contributed by atoms with Crippen molar-refractivity contribution in [3.63, 3.8) is 0 Å². The van der Waals surface area contributed by atoms with Gasteiger partial charge in [0.25, 0.3) is 5.91 Å². The zero-order chi connectivity index (χ0) is 23.7. The molecule has 3 rings (SSSR count). The Kier molecular flexibility index (Phi) is 7.14. The molecule has 2 aliphatic rings. The quantitative estimate of drug-likeness (QED) is 0.662. The number of rotatable bonds is 5. The second kappa shape index (κ2) is 9.35. The number of hydrazine groups is 1. The van der Waals surface area contributed by atoms with E-state index < -0.39 is 27.3 Å². The van der Waals surface area contributed by atoms with Gasteiger partial charge in [0.1, 0.15) is 17.5 Å². The van der Waals surface area contributed by atoms with Crippen molar-refractivity contribution >= 4 is 27.4 Å². The third kappa shape index (κ3) is 5.98. The molecule has 1 aromatic rings. The standard InChI is InChI=1S/C22H32FN3O5S/c1-22(2,3)31-21(28)15-9-12-25(13-10-15)26-11-5-6-19(20(26)27)24-18-8-7-16(14-17(18)23)32(4,29)30/h7-8,14-15,19,24H,5-6,9-13H2,1-4H3. The van der Waals surface area contributed by atoms with Gasteiger partial charge in [0.2, 0.25) is 0 Å². The molecule has 1 N–H and O–H groups in total. The maximum Gasteiger partial charge on any atom is 0.309 e. The van der Waals surface area contributed by atoms with E-state index in [1.54, 1.807) is 5.01 Å². The summed E-state index contributed by atoms with van der Waals surface area (Å²) in [4.78, 5) is 25.3.